The first kappa shape index (κ1) is 18.6. The first-order valence-electron chi connectivity index (χ1n) is 8.61. The summed E-state index contributed by atoms with van der Waals surface area (Å²) in [5, 5.41) is 7.36. The molecule has 0 bridgehead atoms. The lowest BCUT2D eigenvalue weighted by molar-refractivity contribution is -0.116. The zero-order chi connectivity index (χ0) is 18.9. The van der Waals surface area contributed by atoms with Crippen LogP contribution in [0.15, 0.2) is 18.2 Å². The average molecular weight is 383 g/mol. The molecule has 0 spiro atoms. The Labute approximate surface area is 151 Å². The van der Waals surface area contributed by atoms with Gasteiger partial charge in [-0.05, 0) is 37.5 Å². The number of nitrogens with one attached hydrogen (secondary N) is 3. The lowest BCUT2D eigenvalue weighted by Gasteiger charge is -2.16. The monoisotopic (exact) mass is 383 g/mol. The summed E-state index contributed by atoms with van der Waals surface area (Å²) in [6.45, 7) is 1.78. The van der Waals surface area contributed by atoms with Gasteiger partial charge in [0.25, 0.3) is 0 Å². The van der Waals surface area contributed by atoms with Crippen LogP contribution < -0.4 is 16.0 Å². The van der Waals surface area contributed by atoms with Gasteiger partial charge in [-0.3, -0.25) is 4.79 Å². The van der Waals surface area contributed by atoms with E-state index in [1.54, 1.807) is 13.0 Å². The van der Waals surface area contributed by atoms with E-state index in [4.69, 9.17) is 0 Å². The van der Waals surface area contributed by atoms with Crippen LogP contribution in [0, 0.1) is 12.7 Å². The van der Waals surface area contributed by atoms with Gasteiger partial charge in [-0.2, -0.15) is 0 Å². The highest BCUT2D eigenvalue weighted by molar-refractivity contribution is 7.92. The molecule has 1 aromatic rings. The maximum atomic E-state index is 13.2. The van der Waals surface area contributed by atoms with Crippen molar-refractivity contribution in [1.29, 1.82) is 0 Å². The van der Waals surface area contributed by atoms with Crippen LogP contribution in [0.5, 0.6) is 0 Å². The number of carbonyl (C=O) groups excluding carboxylic acids is 2. The summed E-state index contributed by atoms with van der Waals surface area (Å²) in [5.41, 5.74) is 1.21. The maximum Gasteiger partial charge on any atom is 0.315 e. The van der Waals surface area contributed by atoms with Gasteiger partial charge >= 0.3 is 6.03 Å². The zero-order valence-corrected chi connectivity index (χ0v) is 15.2. The molecule has 0 aromatic heterocycles. The zero-order valence-electron chi connectivity index (χ0n) is 14.4. The molecule has 1 aromatic carbocycles. The predicted octanol–water partition coefficient (Wildman–Crippen LogP) is 1.48. The van der Waals surface area contributed by atoms with Crippen LogP contribution in [-0.4, -0.2) is 43.4 Å². The molecule has 7 nitrogen and oxygen atoms in total. The fourth-order valence-electron chi connectivity index (χ4n) is 3.58. The second kappa shape index (κ2) is 7.22. The quantitative estimate of drug-likeness (QED) is 0.511. The minimum atomic E-state index is -3.25. The van der Waals surface area contributed by atoms with E-state index in [1.165, 1.54) is 12.1 Å². The van der Waals surface area contributed by atoms with Crippen molar-refractivity contribution >= 4 is 27.5 Å². The van der Waals surface area contributed by atoms with Gasteiger partial charge in [0, 0.05) is 12.1 Å². The van der Waals surface area contributed by atoms with E-state index in [1.807, 2.05) is 0 Å². The fraction of sp³-hybridized carbons (Fsp3) is 0.529. The summed E-state index contributed by atoms with van der Waals surface area (Å²) in [7, 11) is -3.25. The summed E-state index contributed by atoms with van der Waals surface area (Å²) in [4.78, 5) is 23.4. The summed E-state index contributed by atoms with van der Waals surface area (Å²) in [6.07, 6.45) is 1.70. The number of halogens is 1. The van der Waals surface area contributed by atoms with E-state index in [9.17, 15) is 22.4 Å². The molecule has 3 rings (SSSR count). The predicted molar refractivity (Wildman–Crippen MR) is 95.1 cm³/mol. The molecule has 3 N–H and O–H groups in total. The standard InChI is InChI=1S/C17H22FN3O4S/c1-10-6-7-11(18)8-12(10)19-15(22)5-3-2-4-14-16-13(9-26(14,24)25)20-17(23)21-16/h6-8,13-14,16H,2-5,9H2,1H3,(H,19,22)(H2,20,21,23)/t13-,14-,16-/m1/s1. The third-order valence-corrected chi connectivity index (χ3v) is 7.21. The number of sulfone groups is 1. The highest BCUT2D eigenvalue weighted by atomic mass is 32.2. The summed E-state index contributed by atoms with van der Waals surface area (Å²) in [6, 6.07) is 3.11. The second-order valence-corrected chi connectivity index (χ2v) is 9.14. The molecule has 0 aliphatic carbocycles. The first-order chi connectivity index (χ1) is 12.3. The summed E-state index contributed by atoms with van der Waals surface area (Å²) < 4.78 is 37.7. The van der Waals surface area contributed by atoms with Gasteiger partial charge in [0.2, 0.25) is 5.91 Å². The largest absolute Gasteiger partial charge is 0.332 e. The van der Waals surface area contributed by atoms with Crippen molar-refractivity contribution in [2.75, 3.05) is 11.1 Å². The molecule has 2 aliphatic rings. The first-order valence-corrected chi connectivity index (χ1v) is 10.3. The number of anilines is 1. The highest BCUT2D eigenvalue weighted by Crippen LogP contribution is 2.28. The van der Waals surface area contributed by atoms with Crippen LogP contribution in [-0.2, 0) is 14.6 Å². The molecule has 3 atom stereocenters. The smallest absolute Gasteiger partial charge is 0.315 e. The number of unbranched alkanes of at least 4 members (excludes halogenated alkanes) is 1. The van der Waals surface area contributed by atoms with Gasteiger partial charge < -0.3 is 16.0 Å². The minimum absolute atomic E-state index is 0.0413. The Morgan fingerprint density at radius 2 is 2.08 bits per heavy atom. The van der Waals surface area contributed by atoms with Crippen molar-refractivity contribution in [3.63, 3.8) is 0 Å². The third kappa shape index (κ3) is 3.98. The van der Waals surface area contributed by atoms with Crippen LogP contribution in [0.25, 0.3) is 0 Å². The maximum absolute atomic E-state index is 13.2. The molecule has 0 unspecified atom stereocenters. The number of fused-ring (bicyclic) bond motifs is 1. The Balaban J connectivity index is 1.47. The third-order valence-electron chi connectivity index (χ3n) is 4.94. The molecular weight excluding hydrogens is 361 g/mol. The molecule has 0 radical (unpaired) electrons. The Bertz CT molecular complexity index is 827. The van der Waals surface area contributed by atoms with E-state index >= 15 is 0 Å². The number of hydrogen-bond acceptors (Lipinski definition) is 4. The number of hydrogen-bond donors (Lipinski definition) is 3. The van der Waals surface area contributed by atoms with Crippen molar-refractivity contribution < 1.29 is 22.4 Å². The topological polar surface area (TPSA) is 104 Å². The van der Waals surface area contributed by atoms with E-state index in [0.717, 1.165) is 5.56 Å². The average Bonchev–Trinajstić information content (AvgIpc) is 2.99. The van der Waals surface area contributed by atoms with Crippen molar-refractivity contribution in [3.05, 3.63) is 29.6 Å². The van der Waals surface area contributed by atoms with Crippen LogP contribution in [0.2, 0.25) is 0 Å². The number of carbonyl (C=O) groups is 2. The van der Waals surface area contributed by atoms with Crippen molar-refractivity contribution in [2.24, 2.45) is 0 Å². The van der Waals surface area contributed by atoms with Crippen molar-refractivity contribution in [3.8, 4) is 0 Å². The number of amides is 3. The van der Waals surface area contributed by atoms with Gasteiger partial charge in [-0.15, -0.1) is 0 Å². The molecule has 0 saturated carbocycles. The second-order valence-electron chi connectivity index (χ2n) is 6.87. The van der Waals surface area contributed by atoms with E-state index in [-0.39, 0.29) is 30.2 Å². The number of urea groups is 1. The normalized spacial score (nSPS) is 26.1. The highest BCUT2D eigenvalue weighted by Gasteiger charge is 2.51. The summed E-state index contributed by atoms with van der Waals surface area (Å²) in [5.74, 6) is -0.693. The van der Waals surface area contributed by atoms with Gasteiger partial charge in [-0.1, -0.05) is 12.5 Å². The van der Waals surface area contributed by atoms with Gasteiger partial charge in [0.1, 0.15) is 5.82 Å². The number of benzene rings is 1. The Hall–Kier alpha value is -2.16. The lowest BCUT2D eigenvalue weighted by atomic mass is 10.0. The van der Waals surface area contributed by atoms with Crippen molar-refractivity contribution in [2.45, 2.75) is 49.9 Å². The van der Waals surface area contributed by atoms with Crippen molar-refractivity contribution in [1.82, 2.24) is 10.6 Å². The Morgan fingerprint density at radius 1 is 1.31 bits per heavy atom. The molecule has 3 amide bonds. The summed E-state index contributed by atoms with van der Waals surface area (Å²) >= 11 is 0. The fourth-order valence-corrected chi connectivity index (χ4v) is 5.85. The Kier molecular flexibility index (Phi) is 5.17. The van der Waals surface area contributed by atoms with Gasteiger partial charge in [0.05, 0.1) is 23.1 Å². The molecule has 2 aliphatic heterocycles. The minimum Gasteiger partial charge on any atom is -0.332 e. The van der Waals surface area contributed by atoms with E-state index in [2.05, 4.69) is 16.0 Å². The molecule has 26 heavy (non-hydrogen) atoms. The van der Waals surface area contributed by atoms with Gasteiger partial charge in [0.15, 0.2) is 9.84 Å². The van der Waals surface area contributed by atoms with Crippen LogP contribution in [0.4, 0.5) is 14.9 Å². The lowest BCUT2D eigenvalue weighted by Crippen LogP contribution is -2.39. The molecule has 142 valence electrons. The molecule has 9 heteroatoms. The molecule has 2 heterocycles. The number of rotatable bonds is 6. The Morgan fingerprint density at radius 3 is 2.85 bits per heavy atom. The van der Waals surface area contributed by atoms with Crippen LogP contribution in [0.3, 0.4) is 0 Å². The molecule has 2 fully saturated rings. The van der Waals surface area contributed by atoms with Gasteiger partial charge in [-0.25, -0.2) is 17.6 Å². The number of aryl methyl sites for hydroxylation is 1. The molecule has 2 saturated heterocycles. The SMILES string of the molecule is Cc1ccc(F)cc1NC(=O)CCCC[C@@H]1[C@@H]2NC(=O)N[C@@H]2CS1(=O)=O. The van der Waals surface area contributed by atoms with E-state index in [0.29, 0.717) is 24.9 Å². The van der Waals surface area contributed by atoms with Crippen LogP contribution in [0.1, 0.15) is 31.2 Å². The molecular formula is C17H22FN3O4S. The van der Waals surface area contributed by atoms with E-state index < -0.39 is 26.9 Å². The van der Waals surface area contributed by atoms with Crippen LogP contribution >= 0.6 is 0 Å².